The minimum atomic E-state index is 1.08. The van der Waals surface area contributed by atoms with Gasteiger partial charge in [0.15, 0.2) is 0 Å². The maximum atomic E-state index is 2.31. The number of thioether (sulfide) groups is 1. The Labute approximate surface area is 75.3 Å². The van der Waals surface area contributed by atoms with E-state index in [4.69, 9.17) is 0 Å². The first-order valence-corrected chi connectivity index (χ1v) is 5.62. The molecule has 1 aliphatic rings. The SMILES string of the molecule is CSN1CSc2ccccc21. The molecular formula is C8H9NS2. The molecule has 0 saturated heterocycles. The van der Waals surface area contributed by atoms with Gasteiger partial charge in [-0.3, -0.25) is 0 Å². The van der Waals surface area contributed by atoms with E-state index >= 15 is 0 Å². The summed E-state index contributed by atoms with van der Waals surface area (Å²) in [5.74, 6) is 1.08. The third-order valence-electron chi connectivity index (χ3n) is 1.69. The van der Waals surface area contributed by atoms with Crippen LogP contribution in [0.25, 0.3) is 0 Å². The standard InChI is InChI=1S/C8H9NS2/c1-10-9-6-11-8-5-3-2-4-7(8)9/h2-5H,6H2,1H3. The molecule has 0 atom stereocenters. The van der Waals surface area contributed by atoms with Crippen LogP contribution in [0.2, 0.25) is 0 Å². The number of hydrogen-bond acceptors (Lipinski definition) is 3. The zero-order chi connectivity index (χ0) is 7.68. The van der Waals surface area contributed by atoms with Gasteiger partial charge in [0.2, 0.25) is 0 Å². The van der Waals surface area contributed by atoms with Crippen LogP contribution in [0.3, 0.4) is 0 Å². The summed E-state index contributed by atoms with van der Waals surface area (Å²) in [6, 6.07) is 8.53. The van der Waals surface area contributed by atoms with E-state index in [2.05, 4.69) is 34.8 Å². The van der Waals surface area contributed by atoms with Gasteiger partial charge in [-0.15, -0.1) is 11.8 Å². The second-order valence-corrected chi connectivity index (χ2v) is 4.09. The van der Waals surface area contributed by atoms with E-state index in [1.165, 1.54) is 10.6 Å². The summed E-state index contributed by atoms with van der Waals surface area (Å²) in [6.07, 6.45) is 2.11. The molecule has 0 fully saturated rings. The summed E-state index contributed by atoms with van der Waals surface area (Å²) in [5, 5.41) is 0. The summed E-state index contributed by atoms with van der Waals surface area (Å²) in [7, 11) is 0. The van der Waals surface area contributed by atoms with Gasteiger partial charge < -0.3 is 4.31 Å². The fourth-order valence-corrected chi connectivity index (χ4v) is 3.02. The smallest absolute Gasteiger partial charge is 0.0797 e. The molecular weight excluding hydrogens is 174 g/mol. The summed E-state index contributed by atoms with van der Waals surface area (Å²) >= 11 is 3.69. The summed E-state index contributed by atoms with van der Waals surface area (Å²) in [5.41, 5.74) is 1.37. The largest absolute Gasteiger partial charge is 0.305 e. The van der Waals surface area contributed by atoms with Crippen LogP contribution in [0.15, 0.2) is 29.2 Å². The molecule has 58 valence electrons. The van der Waals surface area contributed by atoms with Gasteiger partial charge in [0.1, 0.15) is 0 Å². The van der Waals surface area contributed by atoms with Crippen LogP contribution >= 0.6 is 23.7 Å². The molecule has 0 bridgehead atoms. The molecule has 0 saturated carbocycles. The van der Waals surface area contributed by atoms with Gasteiger partial charge >= 0.3 is 0 Å². The third kappa shape index (κ3) is 1.23. The average molecular weight is 183 g/mol. The zero-order valence-electron chi connectivity index (χ0n) is 6.28. The number of para-hydroxylation sites is 1. The van der Waals surface area contributed by atoms with Gasteiger partial charge in [0, 0.05) is 11.2 Å². The van der Waals surface area contributed by atoms with Crippen LogP contribution in [-0.4, -0.2) is 12.1 Å². The number of fused-ring (bicyclic) bond motifs is 1. The highest BCUT2D eigenvalue weighted by Gasteiger charge is 2.17. The average Bonchev–Trinajstić information content (AvgIpc) is 2.47. The molecule has 0 amide bonds. The Morgan fingerprint density at radius 3 is 3.09 bits per heavy atom. The van der Waals surface area contributed by atoms with Crippen LogP contribution in [0.1, 0.15) is 0 Å². The highest BCUT2D eigenvalue weighted by atomic mass is 32.2. The van der Waals surface area contributed by atoms with Crippen molar-refractivity contribution >= 4 is 29.4 Å². The Hall–Kier alpha value is -0.280. The Bertz CT molecular complexity index is 262. The van der Waals surface area contributed by atoms with E-state index in [1.807, 2.05) is 11.8 Å². The van der Waals surface area contributed by atoms with E-state index in [0.29, 0.717) is 0 Å². The van der Waals surface area contributed by atoms with E-state index in [9.17, 15) is 0 Å². The third-order valence-corrected chi connectivity index (χ3v) is 3.67. The molecule has 3 heteroatoms. The lowest BCUT2D eigenvalue weighted by Crippen LogP contribution is -2.06. The molecule has 0 radical (unpaired) electrons. The summed E-state index contributed by atoms with van der Waals surface area (Å²) < 4.78 is 2.31. The number of nitrogens with zero attached hydrogens (tertiary/aromatic N) is 1. The highest BCUT2D eigenvalue weighted by Crippen LogP contribution is 2.40. The summed E-state index contributed by atoms with van der Waals surface area (Å²) in [4.78, 5) is 1.40. The Balaban J connectivity index is 2.39. The molecule has 0 spiro atoms. The van der Waals surface area contributed by atoms with Crippen LogP contribution < -0.4 is 4.31 Å². The van der Waals surface area contributed by atoms with Crippen molar-refractivity contribution in [2.24, 2.45) is 0 Å². The Kier molecular flexibility index (Phi) is 2.00. The number of hydrogen-bond donors (Lipinski definition) is 0. The van der Waals surface area contributed by atoms with E-state index in [-0.39, 0.29) is 0 Å². The monoisotopic (exact) mass is 183 g/mol. The van der Waals surface area contributed by atoms with Crippen molar-refractivity contribution in [1.82, 2.24) is 0 Å². The van der Waals surface area contributed by atoms with Crippen molar-refractivity contribution in [2.75, 3.05) is 16.4 Å². The van der Waals surface area contributed by atoms with Gasteiger partial charge in [-0.05, 0) is 12.1 Å². The number of benzene rings is 1. The number of rotatable bonds is 1. The first kappa shape index (κ1) is 7.37. The predicted octanol–water partition coefficient (Wildman–Crippen LogP) is 2.83. The summed E-state index contributed by atoms with van der Waals surface area (Å²) in [6.45, 7) is 0. The quantitative estimate of drug-likeness (QED) is 0.616. The molecule has 0 unspecified atom stereocenters. The normalized spacial score (nSPS) is 15.2. The van der Waals surface area contributed by atoms with Crippen LogP contribution in [0, 0.1) is 0 Å². The van der Waals surface area contributed by atoms with Gasteiger partial charge in [-0.25, -0.2) is 0 Å². The first-order chi connectivity index (χ1) is 5.42. The van der Waals surface area contributed by atoms with Gasteiger partial charge in [-0.2, -0.15) is 0 Å². The maximum absolute atomic E-state index is 2.31. The van der Waals surface area contributed by atoms with Crippen molar-refractivity contribution in [1.29, 1.82) is 0 Å². The van der Waals surface area contributed by atoms with E-state index in [1.54, 1.807) is 11.9 Å². The molecule has 1 aromatic rings. The van der Waals surface area contributed by atoms with E-state index in [0.717, 1.165) is 5.88 Å². The molecule has 0 aromatic heterocycles. The van der Waals surface area contributed by atoms with Crippen molar-refractivity contribution in [3.8, 4) is 0 Å². The zero-order valence-corrected chi connectivity index (χ0v) is 7.91. The molecule has 1 nitrogen and oxygen atoms in total. The van der Waals surface area contributed by atoms with Crippen LogP contribution in [0.5, 0.6) is 0 Å². The van der Waals surface area contributed by atoms with Gasteiger partial charge in [-0.1, -0.05) is 24.1 Å². The number of anilines is 1. The second kappa shape index (κ2) is 2.99. The molecule has 1 aliphatic heterocycles. The molecule has 1 heterocycles. The van der Waals surface area contributed by atoms with Crippen LogP contribution in [0.4, 0.5) is 5.69 Å². The topological polar surface area (TPSA) is 3.24 Å². The fraction of sp³-hybridized carbons (Fsp3) is 0.250. The lowest BCUT2D eigenvalue weighted by atomic mass is 10.3. The molecule has 1 aromatic carbocycles. The van der Waals surface area contributed by atoms with Gasteiger partial charge in [0.25, 0.3) is 0 Å². The highest BCUT2D eigenvalue weighted by molar-refractivity contribution is 8.04. The lowest BCUT2D eigenvalue weighted by molar-refractivity contribution is 1.31. The van der Waals surface area contributed by atoms with Crippen LogP contribution in [-0.2, 0) is 0 Å². The van der Waals surface area contributed by atoms with Gasteiger partial charge in [0.05, 0.1) is 11.6 Å². The van der Waals surface area contributed by atoms with Crippen molar-refractivity contribution in [3.63, 3.8) is 0 Å². The predicted molar refractivity (Wildman–Crippen MR) is 53.2 cm³/mol. The minimum Gasteiger partial charge on any atom is -0.305 e. The van der Waals surface area contributed by atoms with Crippen molar-refractivity contribution in [2.45, 2.75) is 4.90 Å². The van der Waals surface area contributed by atoms with E-state index < -0.39 is 0 Å². The second-order valence-electron chi connectivity index (χ2n) is 2.30. The van der Waals surface area contributed by atoms with Crippen molar-refractivity contribution in [3.05, 3.63) is 24.3 Å². The fourth-order valence-electron chi connectivity index (χ4n) is 1.13. The Morgan fingerprint density at radius 2 is 2.27 bits per heavy atom. The van der Waals surface area contributed by atoms with Crippen molar-refractivity contribution < 1.29 is 0 Å². The Morgan fingerprint density at radius 1 is 1.45 bits per heavy atom. The molecule has 2 rings (SSSR count). The molecule has 0 aliphatic carbocycles. The first-order valence-electron chi connectivity index (χ1n) is 3.45. The maximum Gasteiger partial charge on any atom is 0.0797 e. The lowest BCUT2D eigenvalue weighted by Gasteiger charge is -2.12. The molecule has 0 N–H and O–H groups in total. The molecule has 11 heavy (non-hydrogen) atoms. The minimum absolute atomic E-state index is 1.08.